The predicted molar refractivity (Wildman–Crippen MR) is 102 cm³/mol. The zero-order chi connectivity index (χ0) is 18.2. The number of hydrogen-bond donors (Lipinski definition) is 1. The standard InChI is InChI=1S/C18H20N2O3S2/c1-12-6-4-5-7-16(12)19-25(22,23)15-8-9-18-17(10-15)20(14(3)21)11-13(2)24-18/h4-10,13,19H,11H2,1-3H3/t13-/m1/s1. The minimum atomic E-state index is -3.73. The Morgan fingerprint density at radius 2 is 1.96 bits per heavy atom. The van der Waals surface area contributed by atoms with E-state index in [1.165, 1.54) is 6.92 Å². The Hall–Kier alpha value is -1.99. The second-order valence-corrected chi connectivity index (χ2v) is 9.27. The zero-order valence-electron chi connectivity index (χ0n) is 14.3. The lowest BCUT2D eigenvalue weighted by atomic mass is 10.2. The Labute approximate surface area is 152 Å². The number of sulfonamides is 1. The summed E-state index contributed by atoms with van der Waals surface area (Å²) < 4.78 is 28.1. The molecule has 0 radical (unpaired) electrons. The second kappa shape index (κ2) is 6.72. The van der Waals surface area contributed by atoms with Crippen molar-refractivity contribution in [2.75, 3.05) is 16.2 Å². The first kappa shape index (κ1) is 17.8. The normalized spacial score (nSPS) is 17.1. The number of carbonyl (C=O) groups is 1. The number of carbonyl (C=O) groups excluding carboxylic acids is 1. The number of rotatable bonds is 3. The summed E-state index contributed by atoms with van der Waals surface area (Å²) in [5.74, 6) is -0.0881. The maximum atomic E-state index is 12.8. The highest BCUT2D eigenvalue weighted by Gasteiger charge is 2.27. The van der Waals surface area contributed by atoms with Gasteiger partial charge in [-0.15, -0.1) is 11.8 Å². The highest BCUT2D eigenvalue weighted by Crippen LogP contribution is 2.39. The van der Waals surface area contributed by atoms with Crippen LogP contribution in [0.1, 0.15) is 19.4 Å². The number of thioether (sulfide) groups is 1. The van der Waals surface area contributed by atoms with E-state index in [-0.39, 0.29) is 16.1 Å². The van der Waals surface area contributed by atoms with Crippen LogP contribution in [0.15, 0.2) is 52.3 Å². The molecule has 1 aliphatic heterocycles. The molecule has 25 heavy (non-hydrogen) atoms. The van der Waals surface area contributed by atoms with Gasteiger partial charge in [-0.05, 0) is 36.8 Å². The molecule has 2 aromatic rings. The Morgan fingerprint density at radius 3 is 2.64 bits per heavy atom. The number of aryl methyl sites for hydroxylation is 1. The molecule has 1 heterocycles. The van der Waals surface area contributed by atoms with Crippen LogP contribution in [0.4, 0.5) is 11.4 Å². The molecule has 1 amide bonds. The first-order valence-corrected chi connectivity index (χ1v) is 10.3. The van der Waals surface area contributed by atoms with Crippen LogP contribution in [0.3, 0.4) is 0 Å². The molecule has 1 aliphatic rings. The van der Waals surface area contributed by atoms with Gasteiger partial charge in [0.1, 0.15) is 0 Å². The van der Waals surface area contributed by atoms with Gasteiger partial charge in [0.05, 0.1) is 16.3 Å². The van der Waals surface area contributed by atoms with E-state index in [9.17, 15) is 13.2 Å². The van der Waals surface area contributed by atoms with Crippen molar-refractivity contribution in [3.05, 3.63) is 48.0 Å². The fourth-order valence-corrected chi connectivity index (χ4v) is 5.02. The molecule has 0 bridgehead atoms. The average molecular weight is 377 g/mol. The van der Waals surface area contributed by atoms with Crippen LogP contribution in [0.2, 0.25) is 0 Å². The molecule has 0 spiro atoms. The van der Waals surface area contributed by atoms with Crippen LogP contribution in [0, 0.1) is 6.92 Å². The SMILES string of the molecule is CC(=O)N1C[C@@H](C)Sc2ccc(S(=O)(=O)Nc3ccccc3C)cc21. The van der Waals surface area contributed by atoms with Crippen molar-refractivity contribution in [2.24, 2.45) is 0 Å². The van der Waals surface area contributed by atoms with Gasteiger partial charge < -0.3 is 4.90 Å². The number of para-hydroxylation sites is 1. The Kier molecular flexibility index (Phi) is 4.79. The molecular formula is C18H20N2O3S2. The molecule has 1 N–H and O–H groups in total. The molecule has 1 atom stereocenters. The maximum absolute atomic E-state index is 12.8. The highest BCUT2D eigenvalue weighted by molar-refractivity contribution is 8.00. The minimum Gasteiger partial charge on any atom is -0.310 e. The highest BCUT2D eigenvalue weighted by atomic mass is 32.2. The molecule has 7 heteroatoms. The molecule has 0 saturated heterocycles. The summed E-state index contributed by atoms with van der Waals surface area (Å²) in [5.41, 5.74) is 2.05. The molecule has 5 nitrogen and oxygen atoms in total. The van der Waals surface area contributed by atoms with Crippen molar-refractivity contribution in [2.45, 2.75) is 35.8 Å². The maximum Gasteiger partial charge on any atom is 0.261 e. The van der Waals surface area contributed by atoms with Gasteiger partial charge in [0, 0.05) is 23.6 Å². The Morgan fingerprint density at radius 1 is 1.24 bits per heavy atom. The first-order valence-electron chi connectivity index (χ1n) is 7.95. The van der Waals surface area contributed by atoms with E-state index in [0.717, 1.165) is 10.5 Å². The lowest BCUT2D eigenvalue weighted by Crippen LogP contribution is -2.37. The fourth-order valence-electron chi connectivity index (χ4n) is 2.77. The molecule has 0 aromatic heterocycles. The van der Waals surface area contributed by atoms with Crippen molar-refractivity contribution >= 4 is 39.1 Å². The van der Waals surface area contributed by atoms with Gasteiger partial charge in [-0.3, -0.25) is 9.52 Å². The first-order chi connectivity index (χ1) is 11.8. The predicted octanol–water partition coefficient (Wildman–Crippen LogP) is 3.64. The minimum absolute atomic E-state index is 0.0881. The van der Waals surface area contributed by atoms with Gasteiger partial charge in [-0.1, -0.05) is 25.1 Å². The van der Waals surface area contributed by atoms with E-state index in [1.54, 1.807) is 47.0 Å². The van der Waals surface area contributed by atoms with E-state index in [4.69, 9.17) is 0 Å². The fraction of sp³-hybridized carbons (Fsp3) is 0.278. The van der Waals surface area contributed by atoms with Crippen LogP contribution in [0.5, 0.6) is 0 Å². The third kappa shape index (κ3) is 3.67. The second-order valence-electron chi connectivity index (χ2n) is 6.11. The van der Waals surface area contributed by atoms with Crippen molar-refractivity contribution in [1.29, 1.82) is 0 Å². The summed E-state index contributed by atoms with van der Waals surface area (Å²) in [7, 11) is -3.73. The molecule has 0 fully saturated rings. The Balaban J connectivity index is 2.00. The van der Waals surface area contributed by atoms with E-state index < -0.39 is 10.0 Å². The van der Waals surface area contributed by atoms with Gasteiger partial charge >= 0.3 is 0 Å². The lowest BCUT2D eigenvalue weighted by molar-refractivity contribution is -0.116. The molecule has 2 aromatic carbocycles. The number of nitrogens with one attached hydrogen (secondary N) is 1. The summed E-state index contributed by atoms with van der Waals surface area (Å²) in [6, 6.07) is 12.2. The number of amides is 1. The third-order valence-electron chi connectivity index (χ3n) is 4.07. The molecular weight excluding hydrogens is 356 g/mol. The molecule has 0 aliphatic carbocycles. The van der Waals surface area contributed by atoms with Crippen molar-refractivity contribution in [1.82, 2.24) is 0 Å². The monoisotopic (exact) mass is 376 g/mol. The van der Waals surface area contributed by atoms with Crippen LogP contribution in [0.25, 0.3) is 0 Å². The third-order valence-corrected chi connectivity index (χ3v) is 6.58. The quantitative estimate of drug-likeness (QED) is 0.888. The van der Waals surface area contributed by atoms with Crippen LogP contribution < -0.4 is 9.62 Å². The average Bonchev–Trinajstić information content (AvgIpc) is 2.55. The van der Waals surface area contributed by atoms with E-state index in [2.05, 4.69) is 4.72 Å². The summed E-state index contributed by atoms with van der Waals surface area (Å²) in [6.45, 7) is 5.97. The van der Waals surface area contributed by atoms with Crippen molar-refractivity contribution in [3.63, 3.8) is 0 Å². The number of nitrogens with zero attached hydrogens (tertiary/aromatic N) is 1. The summed E-state index contributed by atoms with van der Waals surface area (Å²) in [6.07, 6.45) is 0. The van der Waals surface area contributed by atoms with Gasteiger partial charge in [-0.2, -0.15) is 0 Å². The molecule has 3 rings (SSSR count). The smallest absolute Gasteiger partial charge is 0.261 e. The lowest BCUT2D eigenvalue weighted by Gasteiger charge is -2.32. The van der Waals surface area contributed by atoms with Crippen LogP contribution >= 0.6 is 11.8 Å². The van der Waals surface area contributed by atoms with Gasteiger partial charge in [0.15, 0.2) is 0 Å². The van der Waals surface area contributed by atoms with E-state index in [1.807, 2.05) is 26.0 Å². The number of benzene rings is 2. The van der Waals surface area contributed by atoms with Crippen LogP contribution in [-0.2, 0) is 14.8 Å². The van der Waals surface area contributed by atoms with Crippen molar-refractivity contribution < 1.29 is 13.2 Å². The largest absolute Gasteiger partial charge is 0.310 e. The summed E-state index contributed by atoms with van der Waals surface area (Å²) >= 11 is 1.65. The van der Waals surface area contributed by atoms with Crippen LogP contribution in [-0.4, -0.2) is 26.1 Å². The number of hydrogen-bond acceptors (Lipinski definition) is 4. The molecule has 0 unspecified atom stereocenters. The zero-order valence-corrected chi connectivity index (χ0v) is 15.9. The molecule has 132 valence electrons. The van der Waals surface area contributed by atoms with Crippen molar-refractivity contribution in [3.8, 4) is 0 Å². The summed E-state index contributed by atoms with van der Waals surface area (Å²) in [5, 5.41) is 0.268. The van der Waals surface area contributed by atoms with E-state index in [0.29, 0.717) is 17.9 Å². The van der Waals surface area contributed by atoms with Gasteiger partial charge in [0.2, 0.25) is 5.91 Å². The number of anilines is 2. The van der Waals surface area contributed by atoms with E-state index >= 15 is 0 Å². The summed E-state index contributed by atoms with van der Waals surface area (Å²) in [4.78, 5) is 14.7. The molecule has 0 saturated carbocycles. The topological polar surface area (TPSA) is 66.5 Å². The van der Waals surface area contributed by atoms with Gasteiger partial charge in [-0.25, -0.2) is 8.42 Å². The Bertz CT molecular complexity index is 926. The number of fused-ring (bicyclic) bond motifs is 1. The van der Waals surface area contributed by atoms with Gasteiger partial charge in [0.25, 0.3) is 10.0 Å².